The van der Waals surface area contributed by atoms with Crippen molar-refractivity contribution in [3.05, 3.63) is 73.4 Å². The van der Waals surface area contributed by atoms with E-state index in [0.29, 0.717) is 69.6 Å². The molecule has 4 aromatic rings. The van der Waals surface area contributed by atoms with Gasteiger partial charge in [-0.3, -0.25) is 24.0 Å². The molecule has 48 heavy (non-hydrogen) atoms. The molecule has 0 unspecified atom stereocenters. The van der Waals surface area contributed by atoms with Gasteiger partial charge in [-0.15, -0.1) is 24.5 Å². The van der Waals surface area contributed by atoms with E-state index in [4.69, 9.17) is 21.3 Å². The van der Waals surface area contributed by atoms with E-state index in [1.54, 1.807) is 55.8 Å². The number of aromatic nitrogens is 3. The van der Waals surface area contributed by atoms with Crippen molar-refractivity contribution in [2.75, 3.05) is 19.7 Å². The number of alkyl halides is 3. The lowest BCUT2D eigenvalue weighted by Gasteiger charge is -2.47. The van der Waals surface area contributed by atoms with Crippen molar-refractivity contribution in [2.45, 2.75) is 78.4 Å². The van der Waals surface area contributed by atoms with Crippen LogP contribution in [-0.2, 0) is 24.1 Å². The lowest BCUT2D eigenvalue weighted by molar-refractivity contribution is -0.358. The van der Waals surface area contributed by atoms with Crippen molar-refractivity contribution in [2.24, 2.45) is 5.41 Å². The van der Waals surface area contributed by atoms with Gasteiger partial charge in [-0.25, -0.2) is 9.78 Å². The van der Waals surface area contributed by atoms with Gasteiger partial charge in [-0.1, -0.05) is 25.4 Å². The first kappa shape index (κ1) is 34.3. The fraction of sp³-hybridized carbons (Fsp3) is 0.471. The van der Waals surface area contributed by atoms with Crippen molar-refractivity contribution < 1.29 is 32.5 Å². The van der Waals surface area contributed by atoms with Crippen molar-refractivity contribution in [3.63, 3.8) is 0 Å². The van der Waals surface area contributed by atoms with Gasteiger partial charge in [0.2, 0.25) is 0 Å². The number of carboxylic acids is 1. The molecule has 1 aliphatic carbocycles. The zero-order valence-corrected chi connectivity index (χ0v) is 28.6. The molecule has 9 nitrogen and oxygen atoms in total. The minimum Gasteiger partial charge on any atom is -0.491 e. The summed E-state index contributed by atoms with van der Waals surface area (Å²) >= 11 is 7.68. The Morgan fingerprint density at radius 1 is 1.17 bits per heavy atom. The standard InChI is InChI=1S/C34H36ClF3N4O5S/c1-18-13-23(30-29(39-18)25(16-48-30)32(44)45)22-14-20(35)5-8-27(22)46-12-11-42-19(2)40-26-7-6-21(15-24(26)31(42)43)41-10-9-28(33(3,4)17-41)47-34(36,37)38/h5,8,13-14,16,21,28H,6-7,9-12,15,17H2,1-4H3,(H,44,45)/t21-,28-/m0/s1. The number of aromatic carboxylic acids is 1. The van der Waals surface area contributed by atoms with Gasteiger partial charge < -0.3 is 9.84 Å². The second kappa shape index (κ2) is 13.1. The Morgan fingerprint density at radius 3 is 2.65 bits per heavy atom. The highest BCUT2D eigenvalue weighted by Gasteiger charge is 2.45. The molecule has 1 N–H and O–H groups in total. The maximum atomic E-state index is 13.8. The van der Waals surface area contributed by atoms with Crippen LogP contribution in [0.4, 0.5) is 13.2 Å². The Hall–Kier alpha value is -3.52. The van der Waals surface area contributed by atoms with Crippen molar-refractivity contribution in [1.29, 1.82) is 0 Å². The van der Waals surface area contributed by atoms with Gasteiger partial charge >= 0.3 is 12.3 Å². The zero-order valence-electron chi connectivity index (χ0n) is 27.0. The molecule has 1 fully saturated rings. The van der Waals surface area contributed by atoms with E-state index in [0.717, 1.165) is 17.7 Å². The Morgan fingerprint density at radius 2 is 1.94 bits per heavy atom. The molecule has 0 amide bonds. The van der Waals surface area contributed by atoms with Gasteiger partial charge in [-0.2, -0.15) is 0 Å². The van der Waals surface area contributed by atoms with Gasteiger partial charge in [0.25, 0.3) is 5.56 Å². The number of hydrogen-bond donors (Lipinski definition) is 1. The molecular weight excluding hydrogens is 669 g/mol. The number of carbonyl (C=O) groups is 1. The molecule has 0 spiro atoms. The quantitative estimate of drug-likeness (QED) is 0.208. The first-order valence-electron chi connectivity index (χ1n) is 15.7. The predicted octanol–water partition coefficient (Wildman–Crippen LogP) is 7.06. The van der Waals surface area contributed by atoms with Crippen molar-refractivity contribution in [3.8, 4) is 16.9 Å². The summed E-state index contributed by atoms with van der Waals surface area (Å²) in [7, 11) is 0. The summed E-state index contributed by atoms with van der Waals surface area (Å²) in [5.74, 6) is 0.0472. The summed E-state index contributed by atoms with van der Waals surface area (Å²) in [6.07, 6.45) is -3.48. The highest BCUT2D eigenvalue weighted by Crippen LogP contribution is 2.41. The number of likely N-dealkylation sites (tertiary alicyclic amines) is 1. The second-order valence-corrected chi connectivity index (χ2v) is 14.5. The Labute approximate surface area is 284 Å². The Bertz CT molecular complexity index is 1940. The smallest absolute Gasteiger partial charge is 0.491 e. The van der Waals surface area contributed by atoms with Crippen molar-refractivity contribution >= 4 is 39.1 Å². The second-order valence-electron chi connectivity index (χ2n) is 13.2. The van der Waals surface area contributed by atoms with Crippen molar-refractivity contribution in [1.82, 2.24) is 19.4 Å². The summed E-state index contributed by atoms with van der Waals surface area (Å²) in [6.45, 7) is 8.46. The number of rotatable bonds is 8. The number of fused-ring (bicyclic) bond motifs is 2. The van der Waals surface area contributed by atoms with E-state index in [-0.39, 0.29) is 36.7 Å². The van der Waals surface area contributed by atoms with Gasteiger partial charge in [0.1, 0.15) is 18.2 Å². The van der Waals surface area contributed by atoms with E-state index >= 15 is 0 Å². The molecule has 0 bridgehead atoms. The first-order valence-corrected chi connectivity index (χ1v) is 17.0. The predicted molar refractivity (Wildman–Crippen MR) is 177 cm³/mol. The highest BCUT2D eigenvalue weighted by atomic mass is 35.5. The lowest BCUT2D eigenvalue weighted by atomic mass is 9.79. The van der Waals surface area contributed by atoms with Gasteiger partial charge in [0, 0.05) is 57.3 Å². The van der Waals surface area contributed by atoms with E-state index in [2.05, 4.69) is 14.6 Å². The number of ether oxygens (including phenoxy) is 2. The SMILES string of the molecule is Cc1cc(-c2cc(Cl)ccc2OCCn2c(C)nc3c(c2=O)C[C@@H](N2CC[C@H](OC(F)(F)F)C(C)(C)C2)CC3)c2scc(C(=O)O)c2n1. The summed E-state index contributed by atoms with van der Waals surface area (Å²) in [5.41, 5.74) is 3.17. The third-order valence-corrected chi connectivity index (χ3v) is 10.6. The molecule has 0 saturated carbocycles. The van der Waals surface area contributed by atoms with Crippen LogP contribution in [0.5, 0.6) is 5.75 Å². The van der Waals surface area contributed by atoms with Crippen LogP contribution in [0.15, 0.2) is 34.4 Å². The number of halogens is 4. The Balaban J connectivity index is 1.20. The maximum Gasteiger partial charge on any atom is 0.522 e. The maximum absolute atomic E-state index is 13.8. The molecular formula is C34H36ClF3N4O5S. The summed E-state index contributed by atoms with van der Waals surface area (Å²) in [5, 5.41) is 11.7. The average Bonchev–Trinajstić information content (AvgIpc) is 3.43. The average molecular weight is 705 g/mol. The van der Waals surface area contributed by atoms with Crippen LogP contribution in [0.2, 0.25) is 5.02 Å². The molecule has 3 aromatic heterocycles. The topological polar surface area (TPSA) is 107 Å². The van der Waals surface area contributed by atoms with E-state index in [1.165, 1.54) is 11.3 Å². The normalized spacial score (nSPS) is 19.8. The van der Waals surface area contributed by atoms with Crippen LogP contribution >= 0.6 is 22.9 Å². The van der Waals surface area contributed by atoms with E-state index in [1.807, 2.05) is 6.07 Å². The summed E-state index contributed by atoms with van der Waals surface area (Å²) in [4.78, 5) is 37.1. The van der Waals surface area contributed by atoms with E-state index in [9.17, 15) is 27.9 Å². The number of thiophene rings is 1. The monoisotopic (exact) mass is 704 g/mol. The van der Waals surface area contributed by atoms with Crippen LogP contribution < -0.4 is 10.3 Å². The molecule has 1 aromatic carbocycles. The third-order valence-electron chi connectivity index (χ3n) is 9.33. The molecule has 6 rings (SSSR count). The van der Waals surface area contributed by atoms with Gasteiger partial charge in [-0.05, 0) is 63.8 Å². The largest absolute Gasteiger partial charge is 0.522 e. The van der Waals surface area contributed by atoms with Gasteiger partial charge in [0.15, 0.2) is 0 Å². The van der Waals surface area contributed by atoms with Crippen LogP contribution in [0.3, 0.4) is 0 Å². The highest BCUT2D eigenvalue weighted by molar-refractivity contribution is 7.18. The third kappa shape index (κ3) is 6.96. The van der Waals surface area contributed by atoms with Crippen LogP contribution in [0, 0.1) is 19.3 Å². The molecule has 256 valence electrons. The number of piperidine rings is 1. The number of aryl methyl sites for hydroxylation is 3. The number of hydrogen-bond acceptors (Lipinski definition) is 8. The Kier molecular flexibility index (Phi) is 9.35. The van der Waals surface area contributed by atoms with Crippen LogP contribution in [0.25, 0.3) is 21.3 Å². The summed E-state index contributed by atoms with van der Waals surface area (Å²) in [6, 6.07) is 7.11. The number of benzene rings is 1. The molecule has 2 atom stereocenters. The molecule has 4 heterocycles. The number of pyridine rings is 1. The zero-order chi connectivity index (χ0) is 34.5. The number of carboxylic acid groups (broad SMARTS) is 1. The van der Waals surface area contributed by atoms with Crippen LogP contribution in [-0.4, -0.2) is 68.7 Å². The molecule has 1 aliphatic heterocycles. The molecule has 1 saturated heterocycles. The lowest BCUT2D eigenvalue weighted by Crippen LogP contribution is -2.55. The molecule has 2 aliphatic rings. The fourth-order valence-corrected chi connectivity index (χ4v) is 8.21. The fourth-order valence-electron chi connectivity index (χ4n) is 7.03. The molecule has 14 heteroatoms. The molecule has 0 radical (unpaired) electrons. The summed E-state index contributed by atoms with van der Waals surface area (Å²) < 4.78 is 52.0. The first-order chi connectivity index (χ1) is 22.6. The minimum absolute atomic E-state index is 0.0155. The number of nitrogens with zero attached hydrogens (tertiary/aromatic N) is 4. The van der Waals surface area contributed by atoms with Gasteiger partial charge in [0.05, 0.1) is 34.1 Å². The van der Waals surface area contributed by atoms with E-state index < -0.39 is 23.9 Å². The van der Waals surface area contributed by atoms with Crippen LogP contribution in [0.1, 0.15) is 59.8 Å². The minimum atomic E-state index is -4.68.